The maximum Gasteiger partial charge on any atom is 0.357 e. The molecule has 1 saturated heterocycles. The summed E-state index contributed by atoms with van der Waals surface area (Å²) in [6.07, 6.45) is 0. The van der Waals surface area contributed by atoms with Gasteiger partial charge in [-0.1, -0.05) is 18.2 Å². The molecule has 0 radical (unpaired) electrons. The number of benzene rings is 1. The predicted molar refractivity (Wildman–Crippen MR) is 79.0 cm³/mol. The Bertz CT molecular complexity index is 459. The number of carbonyl (C=O) groups is 2. The van der Waals surface area contributed by atoms with Gasteiger partial charge in [0.25, 0.3) is 5.91 Å². The van der Waals surface area contributed by atoms with Crippen molar-refractivity contribution in [1.82, 2.24) is 8.84 Å². The van der Waals surface area contributed by atoms with Gasteiger partial charge in [0.2, 0.25) is 0 Å². The molecule has 0 spiro atoms. The highest BCUT2D eigenvalue weighted by molar-refractivity contribution is 14.1. The van der Waals surface area contributed by atoms with Gasteiger partial charge in [0, 0.05) is 27.1 Å². The molecule has 0 aromatic heterocycles. The number of urea groups is 1. The lowest BCUT2D eigenvalue weighted by Crippen LogP contribution is -3.00. The quantitative estimate of drug-likeness (QED) is 0.241. The van der Waals surface area contributed by atoms with Crippen LogP contribution in [0, 0.1) is 3.57 Å². The highest BCUT2D eigenvalue weighted by Gasteiger charge is 2.50. The summed E-state index contributed by atoms with van der Waals surface area (Å²) in [5.74, 6) is -0.515. The van der Waals surface area contributed by atoms with E-state index in [2.05, 4.69) is 34.7 Å². The highest BCUT2D eigenvalue weighted by Crippen LogP contribution is 2.30. The molecular weight excluding hydrogens is 461 g/mol. The van der Waals surface area contributed by atoms with Crippen LogP contribution in [0.15, 0.2) is 30.3 Å². The molecule has 0 bridgehead atoms. The average Bonchev–Trinajstić information content (AvgIpc) is 2.47. The van der Waals surface area contributed by atoms with Crippen LogP contribution in [0.2, 0.25) is 0 Å². The number of rotatable bonds is 0. The number of carbonyl (C=O) groups excluding carboxylic acids is 2. The SMILES string of the molecule is CC1(C)C(=O)N(Cl)C(=O)N1Cl.Ic1ccccc1.[Cl-].[Cl-]. The number of imide groups is 1. The second kappa shape index (κ2) is 9.15. The first-order valence-electron chi connectivity index (χ1n) is 4.99. The second-order valence-electron chi connectivity index (χ2n) is 4.00. The molecule has 0 unspecified atom stereocenters. The Morgan fingerprint density at radius 2 is 1.50 bits per heavy atom. The summed E-state index contributed by atoms with van der Waals surface area (Å²) in [5.41, 5.74) is -1.04. The van der Waals surface area contributed by atoms with Crippen LogP contribution < -0.4 is 24.8 Å². The van der Waals surface area contributed by atoms with Crippen molar-refractivity contribution in [3.63, 3.8) is 0 Å². The van der Waals surface area contributed by atoms with Crippen molar-refractivity contribution >= 4 is 58.1 Å². The Balaban J connectivity index is 0. The lowest BCUT2D eigenvalue weighted by molar-refractivity contribution is -0.127. The molecule has 1 fully saturated rings. The fourth-order valence-corrected chi connectivity index (χ4v) is 2.03. The van der Waals surface area contributed by atoms with Gasteiger partial charge in [-0.3, -0.25) is 4.79 Å². The maximum absolute atomic E-state index is 11.1. The van der Waals surface area contributed by atoms with E-state index in [0.717, 1.165) is 4.42 Å². The molecule has 0 aliphatic carbocycles. The summed E-state index contributed by atoms with van der Waals surface area (Å²) in [6.45, 7) is 3.03. The molecular formula is C11H11Cl4IN2O2-2. The molecule has 1 aromatic rings. The smallest absolute Gasteiger partial charge is 0.357 e. The first-order valence-corrected chi connectivity index (χ1v) is 6.75. The van der Waals surface area contributed by atoms with Gasteiger partial charge in [0.15, 0.2) is 0 Å². The molecule has 1 aliphatic rings. The number of amides is 3. The van der Waals surface area contributed by atoms with Crippen LogP contribution in [0.5, 0.6) is 0 Å². The summed E-state index contributed by atoms with van der Waals surface area (Å²) in [5, 5.41) is 0. The Hall–Kier alpha value is 0.0500. The minimum absolute atomic E-state index is 0. The third-order valence-electron chi connectivity index (χ3n) is 2.26. The molecule has 3 amide bonds. The zero-order valence-corrected chi connectivity index (χ0v) is 15.7. The summed E-state index contributed by atoms with van der Waals surface area (Å²) in [7, 11) is 0. The Labute approximate surface area is 153 Å². The Morgan fingerprint density at radius 1 is 1.05 bits per heavy atom. The largest absolute Gasteiger partial charge is 1.00 e. The van der Waals surface area contributed by atoms with Crippen LogP contribution in [0.25, 0.3) is 0 Å². The first kappa shape index (κ1) is 22.3. The summed E-state index contributed by atoms with van der Waals surface area (Å²) in [4.78, 5) is 22.0. The molecule has 20 heavy (non-hydrogen) atoms. The number of hydrogen-bond donors (Lipinski definition) is 0. The van der Waals surface area contributed by atoms with Gasteiger partial charge in [-0.2, -0.15) is 4.42 Å². The van der Waals surface area contributed by atoms with Gasteiger partial charge in [-0.25, -0.2) is 9.21 Å². The third kappa shape index (κ3) is 5.11. The van der Waals surface area contributed by atoms with Crippen molar-refractivity contribution in [3.05, 3.63) is 33.9 Å². The molecule has 1 aromatic carbocycles. The van der Waals surface area contributed by atoms with Gasteiger partial charge in [0.1, 0.15) is 5.54 Å². The van der Waals surface area contributed by atoms with Crippen molar-refractivity contribution < 1.29 is 34.4 Å². The van der Waals surface area contributed by atoms with E-state index in [-0.39, 0.29) is 24.8 Å². The molecule has 1 aliphatic heterocycles. The highest BCUT2D eigenvalue weighted by atomic mass is 127. The minimum atomic E-state index is -1.04. The Morgan fingerprint density at radius 3 is 1.65 bits per heavy atom. The monoisotopic (exact) mass is 470 g/mol. The van der Waals surface area contributed by atoms with Crippen LogP contribution in [0.4, 0.5) is 4.79 Å². The van der Waals surface area contributed by atoms with Crippen LogP contribution in [0.1, 0.15) is 13.8 Å². The fourth-order valence-electron chi connectivity index (χ4n) is 1.14. The zero-order chi connectivity index (χ0) is 13.9. The topological polar surface area (TPSA) is 40.6 Å². The van der Waals surface area contributed by atoms with Crippen LogP contribution in [-0.2, 0) is 4.79 Å². The molecule has 0 N–H and O–H groups in total. The summed E-state index contributed by atoms with van der Waals surface area (Å²) < 4.78 is 2.55. The van der Waals surface area contributed by atoms with E-state index >= 15 is 0 Å². The van der Waals surface area contributed by atoms with Crippen molar-refractivity contribution in [3.8, 4) is 0 Å². The van der Waals surface area contributed by atoms with E-state index in [4.69, 9.17) is 23.6 Å². The lowest BCUT2D eigenvalue weighted by Gasteiger charge is -2.18. The number of hydrogen-bond acceptors (Lipinski definition) is 2. The predicted octanol–water partition coefficient (Wildman–Crippen LogP) is -2.36. The Kier molecular flexibility index (Phi) is 10.2. The average molecular weight is 472 g/mol. The van der Waals surface area contributed by atoms with E-state index in [0.29, 0.717) is 4.42 Å². The van der Waals surface area contributed by atoms with Gasteiger partial charge in [-0.15, -0.1) is 0 Å². The van der Waals surface area contributed by atoms with Crippen molar-refractivity contribution in [2.75, 3.05) is 0 Å². The van der Waals surface area contributed by atoms with Crippen LogP contribution >= 0.6 is 46.1 Å². The van der Waals surface area contributed by atoms with Gasteiger partial charge >= 0.3 is 6.03 Å². The third-order valence-corrected chi connectivity index (χ3v) is 3.85. The molecule has 2 rings (SSSR count). The van der Waals surface area contributed by atoms with Gasteiger partial charge < -0.3 is 24.8 Å². The number of halogens is 5. The summed E-state index contributed by atoms with van der Waals surface area (Å²) >= 11 is 13.1. The normalized spacial score (nSPS) is 15.8. The standard InChI is InChI=1S/C6H5I.C5H6Cl2N2O2.2ClH/c7-6-4-2-1-3-5-6;1-5(2)3(10)8(6)4(11)9(5)7;;/h1-5H;1-2H3;2*1H/p-2. The van der Waals surface area contributed by atoms with Gasteiger partial charge in [0.05, 0.1) is 0 Å². The van der Waals surface area contributed by atoms with Crippen LogP contribution in [-0.4, -0.2) is 26.3 Å². The van der Waals surface area contributed by atoms with Gasteiger partial charge in [-0.05, 0) is 48.6 Å². The molecule has 0 saturated carbocycles. The molecule has 9 heteroatoms. The van der Waals surface area contributed by atoms with E-state index in [1.807, 2.05) is 18.2 Å². The number of nitrogens with zero attached hydrogens (tertiary/aromatic N) is 2. The first-order chi connectivity index (χ1) is 8.28. The van der Waals surface area contributed by atoms with Crippen molar-refractivity contribution in [2.45, 2.75) is 19.4 Å². The zero-order valence-electron chi connectivity index (χ0n) is 10.5. The fraction of sp³-hybridized carbons (Fsp3) is 0.273. The van der Waals surface area contributed by atoms with E-state index < -0.39 is 17.5 Å². The molecule has 4 nitrogen and oxygen atoms in total. The van der Waals surface area contributed by atoms with Crippen molar-refractivity contribution in [1.29, 1.82) is 0 Å². The maximum atomic E-state index is 11.1. The molecule has 0 atom stereocenters. The van der Waals surface area contributed by atoms with Crippen molar-refractivity contribution in [2.24, 2.45) is 0 Å². The van der Waals surface area contributed by atoms with E-state index in [9.17, 15) is 9.59 Å². The van der Waals surface area contributed by atoms with Crippen LogP contribution in [0.3, 0.4) is 0 Å². The second-order valence-corrected chi connectivity index (χ2v) is 5.93. The molecule has 1 heterocycles. The lowest BCUT2D eigenvalue weighted by atomic mass is 10.1. The van der Waals surface area contributed by atoms with E-state index in [1.54, 1.807) is 0 Å². The van der Waals surface area contributed by atoms with E-state index in [1.165, 1.54) is 17.4 Å². The minimum Gasteiger partial charge on any atom is -1.00 e. The molecule has 114 valence electrons. The summed E-state index contributed by atoms with van der Waals surface area (Å²) in [6, 6.07) is 9.51.